The van der Waals surface area contributed by atoms with Gasteiger partial charge in [-0.3, -0.25) is 15.0 Å². The number of fused-ring (bicyclic) bond motifs is 1. The monoisotopic (exact) mass is 444 g/mol. The molecule has 1 aromatic heterocycles. The van der Waals surface area contributed by atoms with Gasteiger partial charge in [0.2, 0.25) is 0 Å². The first-order valence-electron chi connectivity index (χ1n) is 11.0. The Labute approximate surface area is 187 Å². The van der Waals surface area contributed by atoms with Crippen LogP contribution in [0.1, 0.15) is 25.7 Å². The van der Waals surface area contributed by atoms with Crippen LogP contribution in [0.2, 0.25) is 5.02 Å². The Morgan fingerprint density at radius 2 is 1.87 bits per heavy atom. The fourth-order valence-electron chi connectivity index (χ4n) is 5.14. The number of nitrogens with one attached hydrogen (secondary N) is 1. The van der Waals surface area contributed by atoms with Crippen LogP contribution in [0.4, 0.5) is 5.69 Å². The number of rotatable bonds is 4. The lowest BCUT2D eigenvalue weighted by Crippen LogP contribution is -2.50. The number of piperazine rings is 1. The molecule has 0 bridgehead atoms. The van der Waals surface area contributed by atoms with Crippen molar-refractivity contribution in [3.05, 3.63) is 23.4 Å². The lowest BCUT2D eigenvalue weighted by molar-refractivity contribution is 0.256. The maximum Gasteiger partial charge on any atom is 0.137 e. The van der Waals surface area contributed by atoms with Crippen molar-refractivity contribution in [2.45, 2.75) is 37.8 Å². The van der Waals surface area contributed by atoms with Crippen molar-refractivity contribution in [2.24, 2.45) is 4.99 Å². The van der Waals surface area contributed by atoms with Crippen molar-refractivity contribution < 1.29 is 10.2 Å². The fourth-order valence-corrected chi connectivity index (χ4v) is 5.30. The topological polar surface area (TPSA) is 91.2 Å². The molecular weight excluding hydrogens is 416 g/mol. The zero-order valence-electron chi connectivity index (χ0n) is 17.8. The summed E-state index contributed by atoms with van der Waals surface area (Å²) in [7, 11) is 2.21. The second-order valence-corrected chi connectivity index (χ2v) is 9.20. The minimum absolute atomic E-state index is 0.0326. The summed E-state index contributed by atoms with van der Waals surface area (Å²) in [6, 6.07) is 3.92. The highest BCUT2D eigenvalue weighted by Crippen LogP contribution is 2.40. The number of amidine groups is 1. The van der Waals surface area contributed by atoms with Crippen LogP contribution in [0, 0.1) is 0 Å². The lowest BCUT2D eigenvalue weighted by Gasteiger charge is -2.37. The van der Waals surface area contributed by atoms with E-state index in [1.807, 2.05) is 0 Å². The average molecular weight is 445 g/mol. The molecule has 9 heteroatoms. The van der Waals surface area contributed by atoms with Crippen molar-refractivity contribution in [2.75, 3.05) is 44.7 Å². The van der Waals surface area contributed by atoms with Gasteiger partial charge in [0.25, 0.3) is 0 Å². The normalized spacial score (nSPS) is 24.4. The Kier molecular flexibility index (Phi) is 5.44. The number of aromatic nitrogens is 2. The minimum Gasteiger partial charge on any atom is -0.507 e. The van der Waals surface area contributed by atoms with Gasteiger partial charge in [-0.15, -0.1) is 0 Å². The summed E-state index contributed by atoms with van der Waals surface area (Å²) in [4.78, 5) is 12.2. The third-order valence-electron chi connectivity index (χ3n) is 6.95. The number of aliphatic imine (C=N–C) groups is 1. The largest absolute Gasteiger partial charge is 0.507 e. The first-order chi connectivity index (χ1) is 15.0. The third-order valence-corrected chi connectivity index (χ3v) is 7.25. The maximum atomic E-state index is 10.3. The molecule has 1 aromatic carbocycles. The van der Waals surface area contributed by atoms with E-state index in [2.05, 4.69) is 31.9 Å². The van der Waals surface area contributed by atoms with E-state index >= 15 is 0 Å². The Morgan fingerprint density at radius 1 is 1.10 bits per heavy atom. The molecule has 1 unspecified atom stereocenters. The van der Waals surface area contributed by atoms with E-state index in [0.29, 0.717) is 23.3 Å². The highest BCUT2D eigenvalue weighted by atomic mass is 35.5. The first-order valence-corrected chi connectivity index (χ1v) is 11.4. The number of aromatic amines is 1. The van der Waals surface area contributed by atoms with E-state index in [1.165, 1.54) is 37.6 Å². The van der Waals surface area contributed by atoms with Crippen LogP contribution in [-0.4, -0.2) is 87.9 Å². The maximum absolute atomic E-state index is 10.3. The number of anilines is 1. The third kappa shape index (κ3) is 3.83. The second kappa shape index (κ2) is 8.24. The number of phenols is 2. The number of H-pyrrole nitrogens is 1. The summed E-state index contributed by atoms with van der Waals surface area (Å²) in [6.45, 7) is 4.51. The molecule has 2 atom stereocenters. The van der Waals surface area contributed by atoms with Gasteiger partial charge in [-0.25, -0.2) is 0 Å². The molecule has 1 saturated heterocycles. The number of phenolic OH excluding ortho intramolecular Hbond substituents is 2. The minimum atomic E-state index is -0.141. The van der Waals surface area contributed by atoms with Crippen molar-refractivity contribution >= 4 is 23.1 Å². The van der Waals surface area contributed by atoms with E-state index in [0.717, 1.165) is 38.4 Å². The molecule has 5 rings (SSSR count). The van der Waals surface area contributed by atoms with E-state index in [4.69, 9.17) is 16.6 Å². The van der Waals surface area contributed by atoms with Crippen LogP contribution >= 0.6 is 11.6 Å². The van der Waals surface area contributed by atoms with E-state index in [1.54, 1.807) is 12.3 Å². The summed E-state index contributed by atoms with van der Waals surface area (Å²) >= 11 is 6.07. The van der Waals surface area contributed by atoms with Crippen molar-refractivity contribution in [3.63, 3.8) is 0 Å². The fraction of sp³-hybridized carbons (Fsp3) is 0.545. The zero-order chi connectivity index (χ0) is 21.5. The molecule has 2 fully saturated rings. The van der Waals surface area contributed by atoms with Crippen LogP contribution in [0.15, 0.2) is 23.3 Å². The van der Waals surface area contributed by atoms with Gasteiger partial charge in [-0.1, -0.05) is 24.4 Å². The molecule has 166 valence electrons. The predicted molar refractivity (Wildman–Crippen MR) is 122 cm³/mol. The van der Waals surface area contributed by atoms with Gasteiger partial charge in [-0.05, 0) is 18.9 Å². The number of benzene rings is 1. The zero-order valence-corrected chi connectivity index (χ0v) is 18.5. The van der Waals surface area contributed by atoms with Crippen LogP contribution < -0.4 is 4.90 Å². The SMILES string of the molecule is CN1C(CN2CCN(c3cn[nH]c3-c3cc(Cl)c(O)cc3O)CC2)=N[C@H]2CCCCC21. The number of halogens is 1. The Balaban J connectivity index is 1.25. The predicted octanol–water partition coefficient (Wildman–Crippen LogP) is 2.92. The van der Waals surface area contributed by atoms with Crippen LogP contribution in [0.3, 0.4) is 0 Å². The number of aromatic hydroxyl groups is 2. The van der Waals surface area contributed by atoms with Gasteiger partial charge in [0, 0.05) is 44.9 Å². The van der Waals surface area contributed by atoms with E-state index < -0.39 is 0 Å². The molecule has 0 spiro atoms. The molecule has 1 aliphatic carbocycles. The van der Waals surface area contributed by atoms with Gasteiger partial charge in [-0.2, -0.15) is 5.10 Å². The molecule has 3 heterocycles. The Morgan fingerprint density at radius 3 is 2.65 bits per heavy atom. The molecule has 0 amide bonds. The summed E-state index contributed by atoms with van der Waals surface area (Å²) in [5.41, 5.74) is 2.16. The highest BCUT2D eigenvalue weighted by molar-refractivity contribution is 6.32. The van der Waals surface area contributed by atoms with Crippen LogP contribution in [0.5, 0.6) is 11.5 Å². The average Bonchev–Trinajstić information content (AvgIpc) is 3.37. The number of hydrogen-bond donors (Lipinski definition) is 3. The van der Waals surface area contributed by atoms with E-state index in [9.17, 15) is 10.2 Å². The van der Waals surface area contributed by atoms with Crippen LogP contribution in [0.25, 0.3) is 11.3 Å². The summed E-state index contributed by atoms with van der Waals surface area (Å²) in [6.07, 6.45) is 6.90. The molecule has 8 nitrogen and oxygen atoms in total. The summed E-state index contributed by atoms with van der Waals surface area (Å²) in [5.74, 6) is 1.06. The molecule has 1 saturated carbocycles. The quantitative estimate of drug-likeness (QED) is 0.671. The van der Waals surface area contributed by atoms with E-state index in [-0.39, 0.29) is 16.5 Å². The van der Waals surface area contributed by atoms with Crippen LogP contribution in [-0.2, 0) is 0 Å². The Bertz CT molecular complexity index is 984. The van der Waals surface area contributed by atoms with Gasteiger partial charge < -0.3 is 20.0 Å². The summed E-state index contributed by atoms with van der Waals surface area (Å²) < 4.78 is 0. The van der Waals surface area contributed by atoms with Gasteiger partial charge in [0.05, 0.1) is 41.2 Å². The van der Waals surface area contributed by atoms with Crippen molar-refractivity contribution in [1.82, 2.24) is 20.0 Å². The Hall–Kier alpha value is -2.45. The molecule has 3 N–H and O–H groups in total. The van der Waals surface area contributed by atoms with Crippen molar-refractivity contribution in [3.8, 4) is 22.8 Å². The standard InChI is InChI=1S/C22H29ClN6O2/c1-27-17-5-3-2-4-16(17)25-21(27)13-28-6-8-29(9-7-28)18-12-24-26-22(18)14-10-15(23)20(31)11-19(14)30/h10-12,16-17,30-31H,2-9,13H2,1H3,(H,24,26)/t16-,17?/m0/s1. The molecule has 3 aliphatic rings. The van der Waals surface area contributed by atoms with Gasteiger partial charge in [0.1, 0.15) is 17.3 Å². The summed E-state index contributed by atoms with van der Waals surface area (Å²) in [5, 5.41) is 27.4. The number of hydrogen-bond acceptors (Lipinski definition) is 7. The number of nitrogens with zero attached hydrogens (tertiary/aromatic N) is 5. The molecular formula is C22H29ClN6O2. The molecule has 0 radical (unpaired) electrons. The van der Waals surface area contributed by atoms with Gasteiger partial charge >= 0.3 is 0 Å². The molecule has 2 aliphatic heterocycles. The first kappa shape index (κ1) is 20.5. The number of likely N-dealkylation sites (N-methyl/N-ethyl adjacent to an activating group) is 1. The smallest absolute Gasteiger partial charge is 0.137 e. The van der Waals surface area contributed by atoms with Gasteiger partial charge in [0.15, 0.2) is 0 Å². The molecule has 31 heavy (non-hydrogen) atoms. The lowest BCUT2D eigenvalue weighted by atomic mass is 9.91. The highest BCUT2D eigenvalue weighted by Gasteiger charge is 2.36. The van der Waals surface area contributed by atoms with Crippen molar-refractivity contribution in [1.29, 1.82) is 0 Å². The molecule has 2 aromatic rings. The second-order valence-electron chi connectivity index (χ2n) is 8.79.